The zero-order valence-electron chi connectivity index (χ0n) is 16.6. The highest BCUT2D eigenvalue weighted by Crippen LogP contribution is 2.43. The van der Waals surface area contributed by atoms with Crippen molar-refractivity contribution in [2.45, 2.75) is 30.9 Å². The fraction of sp³-hybridized carbons (Fsp3) is 0.261. The van der Waals surface area contributed by atoms with E-state index in [0.29, 0.717) is 0 Å². The van der Waals surface area contributed by atoms with Gasteiger partial charge in [-0.2, -0.15) is 0 Å². The van der Waals surface area contributed by atoms with Crippen LogP contribution in [0.1, 0.15) is 29.2 Å². The highest BCUT2D eigenvalue weighted by atomic mass is 32.2. The van der Waals surface area contributed by atoms with E-state index < -0.39 is 0 Å². The Morgan fingerprint density at radius 1 is 1.10 bits per heavy atom. The van der Waals surface area contributed by atoms with Gasteiger partial charge in [0.1, 0.15) is 22.5 Å². The van der Waals surface area contributed by atoms with Crippen molar-refractivity contribution in [3.05, 3.63) is 59.3 Å². The van der Waals surface area contributed by atoms with E-state index in [4.69, 9.17) is 9.47 Å². The maximum Gasteiger partial charge on any atom is 0.286 e. The van der Waals surface area contributed by atoms with Crippen molar-refractivity contribution in [2.75, 3.05) is 7.11 Å². The Labute approximate surface area is 178 Å². The molecule has 1 unspecified atom stereocenters. The number of carbonyl (C=O) groups is 2. The number of nitrogens with one attached hydrogen (secondary N) is 1. The van der Waals surface area contributed by atoms with Crippen LogP contribution in [0.3, 0.4) is 0 Å². The van der Waals surface area contributed by atoms with E-state index in [2.05, 4.69) is 10.3 Å². The van der Waals surface area contributed by atoms with Gasteiger partial charge in [-0.05, 0) is 55.2 Å². The SMILES string of the molecule is COc1ccc2c(Oc3ccc4c(c3)CC[C@H]4C3SC(=O)NC3=O)cc(C)nc2c1. The minimum Gasteiger partial charge on any atom is -0.497 e. The average Bonchev–Trinajstić information content (AvgIpc) is 3.28. The minimum atomic E-state index is -0.340. The standard InChI is InChI=1S/C23H20N2O4S/c1-12-9-20(18-8-4-14(28-2)11-19(18)24-12)29-15-5-7-16-13(10-15)3-6-17(16)21-22(26)25-23(27)30-21/h4-5,7-11,17,21H,3,6H2,1-2H3,(H,25,26,27)/t17-,21?/m1/s1. The van der Waals surface area contributed by atoms with Gasteiger partial charge < -0.3 is 9.47 Å². The molecule has 0 radical (unpaired) electrons. The van der Waals surface area contributed by atoms with E-state index in [0.717, 1.165) is 64.0 Å². The van der Waals surface area contributed by atoms with E-state index in [-0.39, 0.29) is 22.3 Å². The molecule has 5 rings (SSSR count). The molecule has 0 spiro atoms. The number of methoxy groups -OCH3 is 1. The van der Waals surface area contributed by atoms with Crippen LogP contribution in [0.2, 0.25) is 0 Å². The summed E-state index contributed by atoms with van der Waals surface area (Å²) in [5.74, 6) is 2.12. The molecule has 1 aliphatic carbocycles. The Kier molecular flexibility index (Phi) is 4.62. The van der Waals surface area contributed by atoms with E-state index in [1.54, 1.807) is 7.11 Å². The van der Waals surface area contributed by atoms with Gasteiger partial charge in [-0.15, -0.1) is 0 Å². The molecule has 2 heterocycles. The number of pyridine rings is 1. The summed E-state index contributed by atoms with van der Waals surface area (Å²) in [7, 11) is 1.63. The van der Waals surface area contributed by atoms with Gasteiger partial charge in [0.2, 0.25) is 5.91 Å². The topological polar surface area (TPSA) is 77.5 Å². The van der Waals surface area contributed by atoms with Crippen molar-refractivity contribution in [1.82, 2.24) is 10.3 Å². The monoisotopic (exact) mass is 420 g/mol. The summed E-state index contributed by atoms with van der Waals surface area (Å²) in [4.78, 5) is 28.2. The normalized spacial score (nSPS) is 20.3. The van der Waals surface area contributed by atoms with Crippen molar-refractivity contribution in [1.29, 1.82) is 0 Å². The predicted molar refractivity (Wildman–Crippen MR) is 116 cm³/mol. The van der Waals surface area contributed by atoms with Crippen molar-refractivity contribution in [3.63, 3.8) is 0 Å². The van der Waals surface area contributed by atoms with Crippen LogP contribution >= 0.6 is 11.8 Å². The lowest BCUT2D eigenvalue weighted by Crippen LogP contribution is -2.27. The molecule has 152 valence electrons. The predicted octanol–water partition coefficient (Wildman–Crippen LogP) is 4.73. The van der Waals surface area contributed by atoms with Crippen LogP contribution in [0.15, 0.2) is 42.5 Å². The Balaban J connectivity index is 1.45. The number of rotatable bonds is 4. The van der Waals surface area contributed by atoms with Crippen LogP contribution in [-0.2, 0) is 11.2 Å². The first-order valence-corrected chi connectivity index (χ1v) is 10.7. The number of imide groups is 1. The second kappa shape index (κ2) is 7.32. The first-order chi connectivity index (χ1) is 14.5. The molecule has 0 saturated carbocycles. The van der Waals surface area contributed by atoms with Crippen molar-refractivity contribution in [3.8, 4) is 17.2 Å². The summed E-state index contributed by atoms with van der Waals surface area (Å²) in [5, 5.41) is 2.71. The van der Waals surface area contributed by atoms with E-state index in [1.165, 1.54) is 5.56 Å². The molecule has 2 aliphatic rings. The Morgan fingerprint density at radius 3 is 2.70 bits per heavy atom. The van der Waals surface area contributed by atoms with Gasteiger partial charge in [0.25, 0.3) is 5.24 Å². The van der Waals surface area contributed by atoms with Gasteiger partial charge >= 0.3 is 0 Å². The third-order valence-electron chi connectivity index (χ3n) is 5.66. The largest absolute Gasteiger partial charge is 0.497 e. The summed E-state index contributed by atoms with van der Waals surface area (Å²) < 4.78 is 11.6. The van der Waals surface area contributed by atoms with E-state index >= 15 is 0 Å². The third kappa shape index (κ3) is 3.29. The number of hydrogen-bond donors (Lipinski definition) is 1. The molecule has 2 amide bonds. The third-order valence-corrected chi connectivity index (χ3v) is 6.77. The molecular weight excluding hydrogens is 400 g/mol. The van der Waals surface area contributed by atoms with Crippen molar-refractivity contribution in [2.24, 2.45) is 0 Å². The average molecular weight is 420 g/mol. The van der Waals surface area contributed by atoms with Crippen molar-refractivity contribution >= 4 is 33.8 Å². The number of aromatic nitrogens is 1. The Morgan fingerprint density at radius 2 is 1.93 bits per heavy atom. The summed E-state index contributed by atoms with van der Waals surface area (Å²) in [5.41, 5.74) is 3.98. The number of fused-ring (bicyclic) bond motifs is 2. The summed E-state index contributed by atoms with van der Waals surface area (Å²) in [6, 6.07) is 13.7. The van der Waals surface area contributed by atoms with E-state index in [1.807, 2.05) is 49.4 Å². The van der Waals surface area contributed by atoms with Crippen LogP contribution < -0.4 is 14.8 Å². The second-order valence-electron chi connectivity index (χ2n) is 7.57. The number of nitrogens with zero attached hydrogens (tertiary/aromatic N) is 1. The minimum absolute atomic E-state index is 0.0574. The van der Waals surface area contributed by atoms with Crippen molar-refractivity contribution < 1.29 is 19.1 Å². The highest BCUT2D eigenvalue weighted by Gasteiger charge is 2.41. The molecule has 1 aliphatic heterocycles. The van der Waals surface area contributed by atoms with Gasteiger partial charge in [-0.3, -0.25) is 19.9 Å². The fourth-order valence-electron chi connectivity index (χ4n) is 4.28. The first-order valence-electron chi connectivity index (χ1n) is 9.79. The second-order valence-corrected chi connectivity index (χ2v) is 8.68. The number of aryl methyl sites for hydroxylation is 2. The zero-order valence-corrected chi connectivity index (χ0v) is 17.4. The maximum absolute atomic E-state index is 12.1. The van der Waals surface area contributed by atoms with Gasteiger partial charge in [0, 0.05) is 29.1 Å². The zero-order chi connectivity index (χ0) is 20.8. The fourth-order valence-corrected chi connectivity index (χ4v) is 5.28. The number of thioether (sulfide) groups is 1. The summed E-state index contributed by atoms with van der Waals surface area (Å²) >= 11 is 1.10. The molecule has 2 atom stereocenters. The molecule has 30 heavy (non-hydrogen) atoms. The van der Waals surface area contributed by atoms with Crippen LogP contribution in [0.25, 0.3) is 10.9 Å². The smallest absolute Gasteiger partial charge is 0.286 e. The first kappa shape index (κ1) is 18.9. The number of ether oxygens (including phenoxy) is 2. The Hall–Kier alpha value is -3.06. The molecular formula is C23H20N2O4S. The molecule has 3 aromatic rings. The van der Waals surface area contributed by atoms with Crippen LogP contribution in [-0.4, -0.2) is 28.5 Å². The van der Waals surface area contributed by atoms with Gasteiger partial charge in [-0.1, -0.05) is 17.8 Å². The highest BCUT2D eigenvalue weighted by molar-refractivity contribution is 8.15. The molecule has 0 bridgehead atoms. The Bertz CT molecular complexity index is 1190. The number of carbonyl (C=O) groups excluding carboxylic acids is 2. The molecule has 2 aromatic carbocycles. The lowest BCUT2D eigenvalue weighted by molar-refractivity contribution is -0.119. The molecule has 1 fully saturated rings. The van der Waals surface area contributed by atoms with E-state index in [9.17, 15) is 9.59 Å². The van der Waals surface area contributed by atoms with Gasteiger partial charge in [-0.25, -0.2) is 0 Å². The molecule has 1 N–H and O–H groups in total. The number of benzene rings is 2. The molecule has 6 nitrogen and oxygen atoms in total. The summed E-state index contributed by atoms with van der Waals surface area (Å²) in [6.07, 6.45) is 1.72. The molecule has 1 aromatic heterocycles. The van der Waals surface area contributed by atoms with Gasteiger partial charge in [0.15, 0.2) is 0 Å². The molecule has 1 saturated heterocycles. The van der Waals surface area contributed by atoms with Gasteiger partial charge in [0.05, 0.1) is 12.6 Å². The van der Waals surface area contributed by atoms with Crippen LogP contribution in [0, 0.1) is 6.92 Å². The van der Waals surface area contributed by atoms with Crippen LogP contribution in [0.5, 0.6) is 17.2 Å². The quantitative estimate of drug-likeness (QED) is 0.658. The number of amides is 2. The van der Waals surface area contributed by atoms with Crippen LogP contribution in [0.4, 0.5) is 4.79 Å². The number of hydrogen-bond acceptors (Lipinski definition) is 6. The maximum atomic E-state index is 12.1. The lowest BCUT2D eigenvalue weighted by Gasteiger charge is -2.16. The molecule has 7 heteroatoms. The lowest BCUT2D eigenvalue weighted by atomic mass is 9.97. The summed E-state index contributed by atoms with van der Waals surface area (Å²) in [6.45, 7) is 1.94.